The van der Waals surface area contributed by atoms with Crippen LogP contribution in [-0.2, 0) is 20.7 Å². The number of rotatable bonds is 5. The molecule has 0 aliphatic carbocycles. The van der Waals surface area contributed by atoms with Gasteiger partial charge in [-0.3, -0.25) is 4.79 Å². The van der Waals surface area contributed by atoms with Crippen LogP contribution in [0.5, 0.6) is 0 Å². The van der Waals surface area contributed by atoms with Gasteiger partial charge < -0.3 is 14.3 Å². The van der Waals surface area contributed by atoms with Gasteiger partial charge >= 0.3 is 11.9 Å². The maximum Gasteiger partial charge on any atom is 0.328 e. The van der Waals surface area contributed by atoms with Crippen molar-refractivity contribution in [1.82, 2.24) is 4.98 Å². The van der Waals surface area contributed by atoms with Gasteiger partial charge in [-0.2, -0.15) is 0 Å². The summed E-state index contributed by atoms with van der Waals surface area (Å²) >= 11 is 0. The van der Waals surface area contributed by atoms with Gasteiger partial charge in [-0.1, -0.05) is 12.1 Å². The van der Waals surface area contributed by atoms with Crippen molar-refractivity contribution in [1.29, 1.82) is 0 Å². The third-order valence-corrected chi connectivity index (χ3v) is 2.50. The second-order valence-electron chi connectivity index (χ2n) is 3.95. The minimum absolute atomic E-state index is 0.0510. The Kier molecular flexibility index (Phi) is 4.14. The maximum absolute atomic E-state index is 11.4. The molecule has 1 aromatic heterocycles. The molecule has 104 valence electrons. The number of carbonyl (C=O) groups is 2. The van der Waals surface area contributed by atoms with Crippen LogP contribution in [0.15, 0.2) is 28.7 Å². The third kappa shape index (κ3) is 3.23. The third-order valence-electron chi connectivity index (χ3n) is 2.50. The van der Waals surface area contributed by atoms with Crippen LogP contribution in [0.2, 0.25) is 0 Å². The SMILES string of the molecule is CCOC(=O)Cc1nc2c(/C=C/C(=O)O)cccc2o1. The van der Waals surface area contributed by atoms with Crippen molar-refractivity contribution in [3.63, 3.8) is 0 Å². The molecular weight excluding hydrogens is 262 g/mol. The molecule has 0 bridgehead atoms. The zero-order chi connectivity index (χ0) is 14.5. The highest BCUT2D eigenvalue weighted by molar-refractivity contribution is 5.90. The van der Waals surface area contributed by atoms with Crippen molar-refractivity contribution < 1.29 is 23.8 Å². The number of carbonyl (C=O) groups excluding carboxylic acids is 1. The molecule has 0 spiro atoms. The van der Waals surface area contributed by atoms with Gasteiger partial charge in [-0.05, 0) is 19.1 Å². The van der Waals surface area contributed by atoms with Crippen molar-refractivity contribution in [3.05, 3.63) is 35.7 Å². The Bertz CT molecular complexity index is 671. The van der Waals surface area contributed by atoms with Gasteiger partial charge in [0.15, 0.2) is 5.58 Å². The van der Waals surface area contributed by atoms with Gasteiger partial charge in [-0.25, -0.2) is 9.78 Å². The highest BCUT2D eigenvalue weighted by atomic mass is 16.5. The monoisotopic (exact) mass is 275 g/mol. The first kappa shape index (κ1) is 13.8. The van der Waals surface area contributed by atoms with Crippen LogP contribution in [-0.4, -0.2) is 28.6 Å². The highest BCUT2D eigenvalue weighted by Crippen LogP contribution is 2.21. The van der Waals surface area contributed by atoms with Crippen molar-refractivity contribution >= 4 is 29.1 Å². The van der Waals surface area contributed by atoms with E-state index in [-0.39, 0.29) is 12.3 Å². The molecular formula is C14H13NO5. The van der Waals surface area contributed by atoms with Gasteiger partial charge in [0.2, 0.25) is 5.89 Å². The first-order valence-corrected chi connectivity index (χ1v) is 6.05. The second kappa shape index (κ2) is 6.01. The molecule has 0 saturated carbocycles. The largest absolute Gasteiger partial charge is 0.478 e. The molecule has 2 rings (SSSR count). The molecule has 0 atom stereocenters. The zero-order valence-electron chi connectivity index (χ0n) is 10.8. The summed E-state index contributed by atoms with van der Waals surface area (Å²) in [6.45, 7) is 2.02. The number of para-hydroxylation sites is 1. The van der Waals surface area contributed by atoms with E-state index in [9.17, 15) is 9.59 Å². The summed E-state index contributed by atoms with van der Waals surface area (Å²) in [4.78, 5) is 26.1. The van der Waals surface area contributed by atoms with E-state index in [1.165, 1.54) is 6.08 Å². The number of nitrogens with zero attached hydrogens (tertiary/aromatic N) is 1. The average molecular weight is 275 g/mol. The Balaban J connectivity index is 2.31. The van der Waals surface area contributed by atoms with Crippen LogP contribution in [0.25, 0.3) is 17.2 Å². The summed E-state index contributed by atoms with van der Waals surface area (Å²) in [6, 6.07) is 5.15. The minimum Gasteiger partial charge on any atom is -0.478 e. The van der Waals surface area contributed by atoms with Gasteiger partial charge in [0.1, 0.15) is 11.9 Å². The van der Waals surface area contributed by atoms with Gasteiger partial charge in [0.05, 0.1) is 6.61 Å². The molecule has 6 nitrogen and oxygen atoms in total. The number of carboxylic acid groups (broad SMARTS) is 1. The van der Waals surface area contributed by atoms with E-state index in [4.69, 9.17) is 14.3 Å². The summed E-state index contributed by atoms with van der Waals surface area (Å²) in [7, 11) is 0. The number of hydrogen-bond donors (Lipinski definition) is 1. The van der Waals surface area contributed by atoms with Crippen LogP contribution < -0.4 is 0 Å². The molecule has 0 amide bonds. The van der Waals surface area contributed by atoms with Crippen LogP contribution in [0.1, 0.15) is 18.4 Å². The molecule has 0 unspecified atom stereocenters. The number of aromatic nitrogens is 1. The van der Waals surface area contributed by atoms with E-state index in [1.54, 1.807) is 25.1 Å². The molecule has 0 fully saturated rings. The van der Waals surface area contributed by atoms with Crippen molar-refractivity contribution in [2.45, 2.75) is 13.3 Å². The lowest BCUT2D eigenvalue weighted by atomic mass is 10.2. The number of benzene rings is 1. The standard InChI is InChI=1S/C14H13NO5/c1-2-19-13(18)8-11-15-14-9(6-7-12(16)17)4-3-5-10(14)20-11/h3-7H,2,8H2,1H3,(H,16,17)/b7-6+. The van der Waals surface area contributed by atoms with Gasteiger partial charge in [0.25, 0.3) is 0 Å². The Morgan fingerprint density at radius 2 is 2.25 bits per heavy atom. The van der Waals surface area contributed by atoms with Crippen molar-refractivity contribution in [2.75, 3.05) is 6.61 Å². The fourth-order valence-electron chi connectivity index (χ4n) is 1.72. The summed E-state index contributed by atoms with van der Waals surface area (Å²) < 4.78 is 10.3. The van der Waals surface area contributed by atoms with E-state index in [0.29, 0.717) is 23.3 Å². The van der Waals surface area contributed by atoms with E-state index in [1.807, 2.05) is 0 Å². The van der Waals surface area contributed by atoms with E-state index < -0.39 is 11.9 Å². The van der Waals surface area contributed by atoms with E-state index in [0.717, 1.165) is 6.08 Å². The number of oxazole rings is 1. The predicted octanol–water partition coefficient (Wildman–Crippen LogP) is 2.03. The van der Waals surface area contributed by atoms with E-state index in [2.05, 4.69) is 4.98 Å². The maximum atomic E-state index is 11.4. The lowest BCUT2D eigenvalue weighted by Crippen LogP contribution is -2.07. The summed E-state index contributed by atoms with van der Waals surface area (Å²) in [5, 5.41) is 8.64. The van der Waals surface area contributed by atoms with Crippen molar-refractivity contribution in [2.24, 2.45) is 0 Å². The molecule has 2 aromatic rings. The Morgan fingerprint density at radius 3 is 2.95 bits per heavy atom. The van der Waals surface area contributed by atoms with Gasteiger partial charge in [-0.15, -0.1) is 0 Å². The first-order valence-electron chi connectivity index (χ1n) is 6.05. The fraction of sp³-hybridized carbons (Fsp3) is 0.214. The lowest BCUT2D eigenvalue weighted by molar-refractivity contribution is -0.142. The molecule has 0 radical (unpaired) electrons. The average Bonchev–Trinajstić information content (AvgIpc) is 2.79. The Hall–Kier alpha value is -2.63. The van der Waals surface area contributed by atoms with Crippen LogP contribution >= 0.6 is 0 Å². The molecule has 1 N–H and O–H groups in total. The van der Waals surface area contributed by atoms with Crippen LogP contribution in [0.3, 0.4) is 0 Å². The smallest absolute Gasteiger partial charge is 0.328 e. The normalized spacial score (nSPS) is 11.1. The van der Waals surface area contributed by atoms with Crippen LogP contribution in [0.4, 0.5) is 0 Å². The Morgan fingerprint density at radius 1 is 1.45 bits per heavy atom. The molecule has 6 heteroatoms. The Labute approximate surface area is 114 Å². The number of aliphatic carboxylic acids is 1. The number of ether oxygens (including phenoxy) is 1. The fourth-order valence-corrected chi connectivity index (χ4v) is 1.72. The lowest BCUT2D eigenvalue weighted by Gasteiger charge is -1.96. The quantitative estimate of drug-likeness (QED) is 0.663. The molecule has 1 heterocycles. The number of carboxylic acids is 1. The van der Waals surface area contributed by atoms with Crippen LogP contribution in [0, 0.1) is 0 Å². The van der Waals surface area contributed by atoms with E-state index >= 15 is 0 Å². The molecule has 0 aliphatic rings. The molecule has 0 aliphatic heterocycles. The first-order chi connectivity index (χ1) is 9.60. The molecule has 20 heavy (non-hydrogen) atoms. The highest BCUT2D eigenvalue weighted by Gasteiger charge is 2.12. The van der Waals surface area contributed by atoms with Gasteiger partial charge in [0, 0.05) is 11.6 Å². The summed E-state index contributed by atoms with van der Waals surface area (Å²) in [5.74, 6) is -1.21. The predicted molar refractivity (Wildman–Crippen MR) is 71.0 cm³/mol. The second-order valence-corrected chi connectivity index (χ2v) is 3.95. The topological polar surface area (TPSA) is 89.6 Å². The summed E-state index contributed by atoms with van der Waals surface area (Å²) in [5.41, 5.74) is 1.63. The number of fused-ring (bicyclic) bond motifs is 1. The zero-order valence-corrected chi connectivity index (χ0v) is 10.8. The number of esters is 1. The minimum atomic E-state index is -1.04. The summed E-state index contributed by atoms with van der Waals surface area (Å²) in [6.07, 6.45) is 2.40. The van der Waals surface area contributed by atoms with Crippen molar-refractivity contribution in [3.8, 4) is 0 Å². The molecule has 0 saturated heterocycles. The molecule has 1 aromatic carbocycles. The number of hydrogen-bond acceptors (Lipinski definition) is 5.